The fourth-order valence-electron chi connectivity index (χ4n) is 3.79. The molecule has 0 atom stereocenters. The maximum Gasteiger partial charge on any atom is 0.333 e. The van der Waals surface area contributed by atoms with Gasteiger partial charge in [-0.2, -0.15) is 0 Å². The Kier molecular flexibility index (Phi) is 15.5. The molecule has 1 heterocycles. The lowest BCUT2D eigenvalue weighted by Crippen LogP contribution is -2.31. The van der Waals surface area contributed by atoms with Crippen LogP contribution in [0, 0.1) is 0 Å². The molecular formula is C25H43NO6. The number of hydrogen-bond acceptors (Lipinski definition) is 6. The number of imide groups is 1. The van der Waals surface area contributed by atoms with Gasteiger partial charge in [0.2, 0.25) is 0 Å². The van der Waals surface area contributed by atoms with Crippen LogP contribution in [0.4, 0.5) is 0 Å². The van der Waals surface area contributed by atoms with Gasteiger partial charge in [-0.15, -0.1) is 5.06 Å². The molecule has 1 fully saturated rings. The molecule has 32 heavy (non-hydrogen) atoms. The van der Waals surface area contributed by atoms with E-state index in [0.717, 1.165) is 32.1 Å². The Bertz CT molecular complexity index is 559. The molecule has 7 heteroatoms. The minimum atomic E-state index is -0.498. The maximum atomic E-state index is 11.7. The highest BCUT2D eigenvalue weighted by Gasteiger charge is 2.32. The lowest BCUT2D eigenvalue weighted by atomic mass is 10.0. The van der Waals surface area contributed by atoms with Crippen molar-refractivity contribution in [3.8, 4) is 0 Å². The Morgan fingerprint density at radius 1 is 0.656 bits per heavy atom. The molecule has 0 aliphatic carbocycles. The second kappa shape index (κ2) is 17.6. The second-order valence-corrected chi connectivity index (χ2v) is 9.03. The van der Waals surface area contributed by atoms with E-state index >= 15 is 0 Å². The minimum Gasteiger partial charge on any atom is -0.463 e. The molecule has 7 nitrogen and oxygen atoms in total. The molecule has 0 spiro atoms. The zero-order chi connectivity index (χ0) is 23.6. The van der Waals surface area contributed by atoms with Gasteiger partial charge in [0, 0.05) is 25.7 Å². The first kappa shape index (κ1) is 28.1. The average Bonchev–Trinajstić information content (AvgIpc) is 3.04. The van der Waals surface area contributed by atoms with Crippen LogP contribution in [0.3, 0.4) is 0 Å². The number of hydroxylamine groups is 2. The summed E-state index contributed by atoms with van der Waals surface area (Å²) < 4.78 is 5.13. The summed E-state index contributed by atoms with van der Waals surface area (Å²) in [5.74, 6) is -1.43. The van der Waals surface area contributed by atoms with Crippen molar-refractivity contribution in [2.24, 2.45) is 0 Å². The fraction of sp³-hybridized carbons (Fsp3) is 0.840. The van der Waals surface area contributed by atoms with Crippen molar-refractivity contribution in [3.63, 3.8) is 0 Å². The zero-order valence-electron chi connectivity index (χ0n) is 20.2. The molecule has 1 aliphatic rings. The van der Waals surface area contributed by atoms with Gasteiger partial charge >= 0.3 is 11.9 Å². The number of ether oxygens (including phenoxy) is 1. The van der Waals surface area contributed by atoms with E-state index in [0.29, 0.717) is 11.5 Å². The topological polar surface area (TPSA) is 90.0 Å². The monoisotopic (exact) mass is 453 g/mol. The average molecular weight is 454 g/mol. The van der Waals surface area contributed by atoms with Crippen LogP contribution < -0.4 is 0 Å². The van der Waals surface area contributed by atoms with Crippen molar-refractivity contribution in [1.29, 1.82) is 0 Å². The summed E-state index contributed by atoms with van der Waals surface area (Å²) >= 11 is 0. The summed E-state index contributed by atoms with van der Waals surface area (Å²) in [5, 5.41) is 0.620. The first-order chi connectivity index (χ1) is 15.4. The maximum absolute atomic E-state index is 11.7. The molecule has 2 amide bonds. The van der Waals surface area contributed by atoms with Crippen molar-refractivity contribution in [2.45, 2.75) is 136 Å². The third kappa shape index (κ3) is 14.2. The summed E-state index contributed by atoms with van der Waals surface area (Å²) in [5.41, 5.74) is 0. The predicted octanol–water partition coefficient (Wildman–Crippen LogP) is 5.79. The first-order valence-corrected chi connectivity index (χ1v) is 12.7. The molecule has 1 aliphatic heterocycles. The molecule has 0 saturated carbocycles. The summed E-state index contributed by atoms with van der Waals surface area (Å²) in [4.78, 5) is 50.8. The second-order valence-electron chi connectivity index (χ2n) is 9.03. The van der Waals surface area contributed by atoms with Crippen LogP contribution in [0.1, 0.15) is 129 Å². The van der Waals surface area contributed by atoms with Gasteiger partial charge in [-0.1, -0.05) is 77.0 Å². The number of carbonyl (C=O) groups is 4. The third-order valence-electron chi connectivity index (χ3n) is 5.58. The largest absolute Gasteiger partial charge is 0.463 e. The van der Waals surface area contributed by atoms with Gasteiger partial charge in [-0.3, -0.25) is 14.4 Å². The van der Waals surface area contributed by atoms with E-state index in [1.807, 2.05) is 13.8 Å². The molecular weight excluding hydrogens is 410 g/mol. The predicted molar refractivity (Wildman–Crippen MR) is 122 cm³/mol. The van der Waals surface area contributed by atoms with Crippen molar-refractivity contribution >= 4 is 23.8 Å². The van der Waals surface area contributed by atoms with Crippen LogP contribution in [0.25, 0.3) is 0 Å². The number of nitrogens with zero attached hydrogens (tertiary/aromatic N) is 1. The number of rotatable bonds is 19. The van der Waals surface area contributed by atoms with Gasteiger partial charge in [-0.05, 0) is 26.7 Å². The SMILES string of the molecule is CC(C)OC(=O)CCCCCCCCCCCCCCCCC(=O)ON1C(=O)CCC1=O. The van der Waals surface area contributed by atoms with Gasteiger partial charge in [0.15, 0.2) is 0 Å². The van der Waals surface area contributed by atoms with Gasteiger partial charge < -0.3 is 9.57 Å². The van der Waals surface area contributed by atoms with E-state index in [1.54, 1.807) is 0 Å². The lowest BCUT2D eigenvalue weighted by molar-refractivity contribution is -0.197. The zero-order valence-corrected chi connectivity index (χ0v) is 20.2. The molecule has 1 rings (SSSR count). The van der Waals surface area contributed by atoms with E-state index < -0.39 is 17.8 Å². The number of unbranched alkanes of at least 4 members (excludes halogenated alkanes) is 13. The quantitative estimate of drug-likeness (QED) is 0.140. The Labute approximate surface area is 193 Å². The van der Waals surface area contributed by atoms with Crippen LogP contribution in [0.5, 0.6) is 0 Å². The lowest BCUT2D eigenvalue weighted by Gasteiger charge is -2.12. The molecule has 0 bridgehead atoms. The number of hydrogen-bond donors (Lipinski definition) is 0. The van der Waals surface area contributed by atoms with Crippen molar-refractivity contribution in [1.82, 2.24) is 5.06 Å². The van der Waals surface area contributed by atoms with Gasteiger partial charge in [0.1, 0.15) is 0 Å². The Balaban J connectivity index is 1.78. The molecule has 184 valence electrons. The summed E-state index contributed by atoms with van der Waals surface area (Å²) in [6.07, 6.45) is 17.1. The molecule has 0 aromatic carbocycles. The third-order valence-corrected chi connectivity index (χ3v) is 5.58. The van der Waals surface area contributed by atoms with Crippen molar-refractivity contribution in [2.75, 3.05) is 0 Å². The van der Waals surface area contributed by atoms with Crippen molar-refractivity contribution < 1.29 is 28.8 Å². The van der Waals surface area contributed by atoms with E-state index in [9.17, 15) is 19.2 Å². The fourth-order valence-corrected chi connectivity index (χ4v) is 3.79. The van der Waals surface area contributed by atoms with E-state index in [-0.39, 0.29) is 31.3 Å². The number of esters is 1. The normalized spacial score (nSPS) is 13.8. The highest BCUT2D eigenvalue weighted by atomic mass is 16.7. The Morgan fingerprint density at radius 3 is 1.38 bits per heavy atom. The highest BCUT2D eigenvalue weighted by Crippen LogP contribution is 2.15. The summed E-state index contributed by atoms with van der Waals surface area (Å²) in [6, 6.07) is 0. The molecule has 0 radical (unpaired) electrons. The van der Waals surface area contributed by atoms with Gasteiger partial charge in [0.25, 0.3) is 11.8 Å². The molecule has 0 aromatic heterocycles. The van der Waals surface area contributed by atoms with Crippen LogP contribution >= 0.6 is 0 Å². The van der Waals surface area contributed by atoms with E-state index in [4.69, 9.17) is 9.57 Å². The molecule has 0 unspecified atom stereocenters. The summed E-state index contributed by atoms with van der Waals surface area (Å²) in [6.45, 7) is 3.76. The highest BCUT2D eigenvalue weighted by molar-refractivity contribution is 6.01. The molecule has 0 aromatic rings. The standard InChI is InChI=1S/C25H43NO6/c1-21(2)31-24(29)17-15-13-11-9-7-5-3-4-6-8-10-12-14-16-18-25(30)32-26-22(27)19-20-23(26)28/h21H,3-20H2,1-2H3. The number of amides is 2. The van der Waals surface area contributed by atoms with Gasteiger partial charge in [-0.25, -0.2) is 4.79 Å². The minimum absolute atomic E-state index is 0.0131. The van der Waals surface area contributed by atoms with Gasteiger partial charge in [0.05, 0.1) is 6.10 Å². The van der Waals surface area contributed by atoms with Crippen LogP contribution in [0.2, 0.25) is 0 Å². The Morgan fingerprint density at radius 2 is 1.00 bits per heavy atom. The van der Waals surface area contributed by atoms with Crippen molar-refractivity contribution in [3.05, 3.63) is 0 Å². The summed E-state index contributed by atoms with van der Waals surface area (Å²) in [7, 11) is 0. The molecule has 0 N–H and O–H groups in total. The van der Waals surface area contributed by atoms with Crippen LogP contribution in [-0.2, 0) is 28.8 Å². The Hall–Kier alpha value is -1.92. The molecule has 1 saturated heterocycles. The van der Waals surface area contributed by atoms with E-state index in [2.05, 4.69) is 0 Å². The van der Waals surface area contributed by atoms with E-state index in [1.165, 1.54) is 57.8 Å². The van der Waals surface area contributed by atoms with Crippen LogP contribution in [-0.4, -0.2) is 34.9 Å². The van der Waals surface area contributed by atoms with Crippen LogP contribution in [0.15, 0.2) is 0 Å². The smallest absolute Gasteiger partial charge is 0.333 e. The number of carbonyl (C=O) groups excluding carboxylic acids is 4. The first-order valence-electron chi connectivity index (χ1n) is 12.7.